The molecule has 25 heavy (non-hydrogen) atoms. The molecule has 2 aromatic rings. The van der Waals surface area contributed by atoms with Gasteiger partial charge in [-0.1, -0.05) is 12.1 Å². The summed E-state index contributed by atoms with van der Waals surface area (Å²) in [4.78, 5) is 11.7. The molecule has 0 aliphatic carbocycles. The van der Waals surface area contributed by atoms with E-state index in [0.717, 1.165) is 5.75 Å². The van der Waals surface area contributed by atoms with Crippen LogP contribution in [-0.2, 0) is 4.79 Å². The van der Waals surface area contributed by atoms with Crippen LogP contribution in [0.2, 0.25) is 0 Å². The summed E-state index contributed by atoms with van der Waals surface area (Å²) in [7, 11) is 0. The fourth-order valence-electron chi connectivity index (χ4n) is 2.04. The molecule has 0 atom stereocenters. The van der Waals surface area contributed by atoms with Crippen LogP contribution in [0, 0.1) is 5.82 Å². The summed E-state index contributed by atoms with van der Waals surface area (Å²) in [6.07, 6.45) is 0.573. The first-order chi connectivity index (χ1) is 12.2. The summed E-state index contributed by atoms with van der Waals surface area (Å²) in [5.41, 5.74) is 0. The number of carbonyl (C=O) groups excluding carboxylic acids is 1. The van der Waals surface area contributed by atoms with E-state index < -0.39 is 5.82 Å². The molecule has 6 heteroatoms. The molecule has 0 bridgehead atoms. The van der Waals surface area contributed by atoms with Crippen LogP contribution in [0.15, 0.2) is 48.5 Å². The van der Waals surface area contributed by atoms with Crippen molar-refractivity contribution in [3.8, 4) is 17.2 Å². The quantitative estimate of drug-likeness (QED) is 0.671. The monoisotopic (exact) mass is 347 g/mol. The lowest BCUT2D eigenvalue weighted by Crippen LogP contribution is -2.30. The van der Waals surface area contributed by atoms with E-state index in [1.54, 1.807) is 42.5 Å². The Hall–Kier alpha value is -2.76. The fraction of sp³-hybridized carbons (Fsp3) is 0.316. The highest BCUT2D eigenvalue weighted by molar-refractivity contribution is 5.77. The van der Waals surface area contributed by atoms with Gasteiger partial charge in [-0.3, -0.25) is 4.79 Å². The maximum absolute atomic E-state index is 13.3. The number of rotatable bonds is 10. The average Bonchev–Trinajstić information content (AvgIpc) is 2.62. The predicted octanol–water partition coefficient (Wildman–Crippen LogP) is 3.19. The van der Waals surface area contributed by atoms with E-state index in [0.29, 0.717) is 31.9 Å². The Bertz CT molecular complexity index is 661. The zero-order valence-electron chi connectivity index (χ0n) is 14.2. The van der Waals surface area contributed by atoms with E-state index in [4.69, 9.17) is 14.2 Å². The molecule has 5 nitrogen and oxygen atoms in total. The van der Waals surface area contributed by atoms with Crippen molar-refractivity contribution in [1.82, 2.24) is 5.32 Å². The van der Waals surface area contributed by atoms with Crippen LogP contribution in [0.3, 0.4) is 0 Å². The zero-order chi connectivity index (χ0) is 17.9. The normalized spacial score (nSPS) is 10.2. The molecule has 1 amide bonds. The Morgan fingerprint density at radius 3 is 2.36 bits per heavy atom. The van der Waals surface area contributed by atoms with Crippen LogP contribution in [0.1, 0.15) is 13.3 Å². The molecular formula is C19H22FNO4. The molecule has 0 unspecified atom stereocenters. The first kappa shape index (κ1) is 18.6. The lowest BCUT2D eigenvalue weighted by atomic mass is 10.3. The number of benzene rings is 2. The molecular weight excluding hydrogens is 325 g/mol. The molecule has 0 saturated carbocycles. The maximum atomic E-state index is 13.3. The highest BCUT2D eigenvalue weighted by Crippen LogP contribution is 2.17. The molecule has 0 radical (unpaired) electrons. The highest BCUT2D eigenvalue weighted by Gasteiger charge is 2.04. The van der Waals surface area contributed by atoms with Gasteiger partial charge in [0.1, 0.15) is 11.5 Å². The van der Waals surface area contributed by atoms with Gasteiger partial charge in [0.05, 0.1) is 13.2 Å². The zero-order valence-corrected chi connectivity index (χ0v) is 14.2. The molecule has 0 aromatic heterocycles. The van der Waals surface area contributed by atoms with E-state index in [1.165, 1.54) is 6.07 Å². The second-order valence-corrected chi connectivity index (χ2v) is 5.18. The first-order valence-corrected chi connectivity index (χ1v) is 8.18. The molecule has 134 valence electrons. The van der Waals surface area contributed by atoms with Gasteiger partial charge in [0.2, 0.25) is 0 Å². The number of para-hydroxylation sites is 1. The third-order valence-corrected chi connectivity index (χ3v) is 3.24. The third-order valence-electron chi connectivity index (χ3n) is 3.24. The first-order valence-electron chi connectivity index (χ1n) is 8.18. The number of ether oxygens (including phenoxy) is 3. The molecule has 0 heterocycles. The molecule has 0 aliphatic heterocycles. The Morgan fingerprint density at radius 1 is 1.00 bits per heavy atom. The molecule has 0 saturated heterocycles. The van der Waals surface area contributed by atoms with Gasteiger partial charge in [-0.25, -0.2) is 4.39 Å². The van der Waals surface area contributed by atoms with E-state index in [-0.39, 0.29) is 18.3 Å². The van der Waals surface area contributed by atoms with Crippen molar-refractivity contribution in [1.29, 1.82) is 0 Å². The second kappa shape index (κ2) is 10.2. The van der Waals surface area contributed by atoms with Gasteiger partial charge >= 0.3 is 0 Å². The lowest BCUT2D eigenvalue weighted by molar-refractivity contribution is -0.123. The van der Waals surface area contributed by atoms with Crippen molar-refractivity contribution < 1.29 is 23.4 Å². The summed E-state index contributed by atoms with van der Waals surface area (Å²) in [6, 6.07) is 13.3. The van der Waals surface area contributed by atoms with E-state index in [2.05, 4.69) is 5.32 Å². The lowest BCUT2D eigenvalue weighted by Gasteiger charge is -2.09. The molecule has 0 fully saturated rings. The van der Waals surface area contributed by atoms with Gasteiger partial charge in [0, 0.05) is 6.54 Å². The second-order valence-electron chi connectivity index (χ2n) is 5.18. The number of hydrogen-bond acceptors (Lipinski definition) is 4. The number of amides is 1. The van der Waals surface area contributed by atoms with E-state index in [9.17, 15) is 9.18 Å². The van der Waals surface area contributed by atoms with E-state index in [1.807, 2.05) is 6.92 Å². The Labute approximate surface area is 146 Å². The minimum atomic E-state index is -0.393. The van der Waals surface area contributed by atoms with Crippen LogP contribution in [0.4, 0.5) is 4.39 Å². The van der Waals surface area contributed by atoms with Gasteiger partial charge in [-0.15, -0.1) is 0 Å². The van der Waals surface area contributed by atoms with Crippen molar-refractivity contribution in [2.24, 2.45) is 0 Å². The summed E-state index contributed by atoms with van der Waals surface area (Å²) >= 11 is 0. The maximum Gasteiger partial charge on any atom is 0.257 e. The van der Waals surface area contributed by atoms with Crippen LogP contribution in [0.5, 0.6) is 17.2 Å². The van der Waals surface area contributed by atoms with Crippen LogP contribution < -0.4 is 19.5 Å². The average molecular weight is 347 g/mol. The largest absolute Gasteiger partial charge is 0.494 e. The van der Waals surface area contributed by atoms with Gasteiger partial charge < -0.3 is 19.5 Å². The Morgan fingerprint density at radius 2 is 1.68 bits per heavy atom. The molecule has 2 rings (SSSR count). The predicted molar refractivity (Wildman–Crippen MR) is 92.6 cm³/mol. The highest BCUT2D eigenvalue weighted by atomic mass is 19.1. The number of hydrogen-bond donors (Lipinski definition) is 1. The topological polar surface area (TPSA) is 56.8 Å². The van der Waals surface area contributed by atoms with Crippen molar-refractivity contribution >= 4 is 5.91 Å². The Balaban J connectivity index is 1.58. The van der Waals surface area contributed by atoms with Gasteiger partial charge in [-0.05, 0) is 49.7 Å². The minimum Gasteiger partial charge on any atom is -0.494 e. The number of nitrogens with one attached hydrogen (secondary N) is 1. The van der Waals surface area contributed by atoms with E-state index >= 15 is 0 Å². The molecule has 0 aliphatic rings. The fourth-order valence-corrected chi connectivity index (χ4v) is 2.04. The van der Waals surface area contributed by atoms with Gasteiger partial charge in [0.25, 0.3) is 5.91 Å². The summed E-state index contributed by atoms with van der Waals surface area (Å²) in [6.45, 7) is 3.20. The summed E-state index contributed by atoms with van der Waals surface area (Å²) in [5, 5.41) is 2.72. The number of halogens is 1. The third kappa shape index (κ3) is 6.71. The van der Waals surface area contributed by atoms with Gasteiger partial charge in [0.15, 0.2) is 18.2 Å². The standard InChI is InChI=1S/C19H22FNO4/c1-2-23-15-8-10-16(11-9-15)25-14-19(22)21-12-5-13-24-18-7-4-3-6-17(18)20/h3-4,6-11H,2,5,12-14H2,1H3,(H,21,22). The van der Waals surface area contributed by atoms with Crippen molar-refractivity contribution in [3.05, 3.63) is 54.3 Å². The van der Waals surface area contributed by atoms with Crippen molar-refractivity contribution in [2.75, 3.05) is 26.4 Å². The molecule has 1 N–H and O–H groups in total. The summed E-state index contributed by atoms with van der Waals surface area (Å²) in [5.74, 6) is 0.957. The van der Waals surface area contributed by atoms with Gasteiger partial charge in [-0.2, -0.15) is 0 Å². The van der Waals surface area contributed by atoms with Crippen LogP contribution in [0.25, 0.3) is 0 Å². The SMILES string of the molecule is CCOc1ccc(OCC(=O)NCCCOc2ccccc2F)cc1. The molecule has 0 spiro atoms. The summed E-state index contributed by atoms with van der Waals surface area (Å²) < 4.78 is 29.4. The minimum absolute atomic E-state index is 0.0673. The Kier molecular flexibility index (Phi) is 7.56. The van der Waals surface area contributed by atoms with Crippen molar-refractivity contribution in [3.63, 3.8) is 0 Å². The number of carbonyl (C=O) groups is 1. The van der Waals surface area contributed by atoms with Crippen LogP contribution >= 0.6 is 0 Å². The van der Waals surface area contributed by atoms with Crippen LogP contribution in [-0.4, -0.2) is 32.3 Å². The molecule has 2 aromatic carbocycles. The smallest absolute Gasteiger partial charge is 0.257 e. The van der Waals surface area contributed by atoms with Crippen molar-refractivity contribution in [2.45, 2.75) is 13.3 Å².